The van der Waals surface area contributed by atoms with Gasteiger partial charge in [-0.15, -0.1) is 11.3 Å². The molecule has 0 spiro atoms. The van der Waals surface area contributed by atoms with Gasteiger partial charge in [0.05, 0.1) is 0 Å². The van der Waals surface area contributed by atoms with Crippen molar-refractivity contribution >= 4 is 22.9 Å². The smallest absolute Gasteiger partial charge is 0.227 e. The summed E-state index contributed by atoms with van der Waals surface area (Å²) in [6, 6.07) is 17.2. The highest BCUT2D eigenvalue weighted by Crippen LogP contribution is 2.23. The molecule has 6 nitrogen and oxygen atoms in total. The second-order valence-corrected chi connectivity index (χ2v) is 6.74. The molecule has 0 bridgehead atoms. The van der Waals surface area contributed by atoms with Crippen LogP contribution < -0.4 is 5.32 Å². The quantitative estimate of drug-likeness (QED) is 0.538. The summed E-state index contributed by atoms with van der Waals surface area (Å²) in [6.07, 6.45) is 2.43. The number of benzene rings is 2. The topological polar surface area (TPSA) is 80.9 Å². The zero-order valence-electron chi connectivity index (χ0n) is 14.3. The highest BCUT2D eigenvalue weighted by Gasteiger charge is 2.11. The van der Waals surface area contributed by atoms with E-state index in [9.17, 15) is 4.79 Å². The minimum absolute atomic E-state index is 0.101. The Kier molecular flexibility index (Phi) is 5.02. The fourth-order valence-corrected chi connectivity index (χ4v) is 3.21. The standard InChI is InChI=1S/C20H16N4O2S/c25-17(22-16-8-6-15(7-9-16)20-21-12-13-27-20)10-11-18-23-19(24-26-18)14-4-2-1-3-5-14/h1-9,12-13H,10-11H2,(H,22,25). The van der Waals surface area contributed by atoms with Crippen molar-refractivity contribution in [2.75, 3.05) is 5.32 Å². The molecular weight excluding hydrogens is 360 g/mol. The van der Waals surface area contributed by atoms with Crippen LogP contribution in [0.4, 0.5) is 5.69 Å². The highest BCUT2D eigenvalue weighted by molar-refractivity contribution is 7.13. The number of anilines is 1. The molecule has 134 valence electrons. The van der Waals surface area contributed by atoms with Gasteiger partial charge in [-0.3, -0.25) is 4.79 Å². The summed E-state index contributed by atoms with van der Waals surface area (Å²) in [6.45, 7) is 0. The SMILES string of the molecule is O=C(CCc1nc(-c2ccccc2)no1)Nc1ccc(-c2nccs2)cc1. The Balaban J connectivity index is 1.32. The van der Waals surface area contributed by atoms with Crippen molar-refractivity contribution in [1.29, 1.82) is 0 Å². The van der Waals surface area contributed by atoms with Crippen LogP contribution in [0.3, 0.4) is 0 Å². The van der Waals surface area contributed by atoms with Crippen LogP contribution in [0.2, 0.25) is 0 Å². The largest absolute Gasteiger partial charge is 0.339 e. The summed E-state index contributed by atoms with van der Waals surface area (Å²) in [5, 5.41) is 9.73. The van der Waals surface area contributed by atoms with Gasteiger partial charge in [0, 0.05) is 41.2 Å². The van der Waals surface area contributed by atoms with E-state index >= 15 is 0 Å². The number of hydrogen-bond donors (Lipinski definition) is 1. The third-order valence-corrected chi connectivity index (χ3v) is 4.74. The summed E-state index contributed by atoms with van der Waals surface area (Å²) in [5.74, 6) is 0.878. The number of nitrogens with zero attached hydrogens (tertiary/aromatic N) is 3. The Morgan fingerprint density at radius 3 is 2.59 bits per heavy atom. The predicted octanol–water partition coefficient (Wildman–Crippen LogP) is 4.43. The van der Waals surface area contributed by atoms with Gasteiger partial charge in [-0.2, -0.15) is 4.98 Å². The average molecular weight is 376 g/mol. The minimum atomic E-state index is -0.101. The van der Waals surface area contributed by atoms with E-state index in [-0.39, 0.29) is 12.3 Å². The lowest BCUT2D eigenvalue weighted by Crippen LogP contribution is -2.12. The van der Waals surface area contributed by atoms with Gasteiger partial charge in [0.15, 0.2) is 0 Å². The van der Waals surface area contributed by atoms with Crippen LogP contribution in [0.1, 0.15) is 12.3 Å². The fraction of sp³-hybridized carbons (Fsp3) is 0.100. The second-order valence-electron chi connectivity index (χ2n) is 5.84. The second kappa shape index (κ2) is 7.92. The van der Waals surface area contributed by atoms with Gasteiger partial charge in [-0.1, -0.05) is 35.5 Å². The highest BCUT2D eigenvalue weighted by atomic mass is 32.1. The zero-order chi connectivity index (χ0) is 18.5. The van der Waals surface area contributed by atoms with E-state index in [1.54, 1.807) is 17.5 Å². The first-order valence-electron chi connectivity index (χ1n) is 8.46. The first kappa shape index (κ1) is 17.1. The van der Waals surface area contributed by atoms with Crippen LogP contribution in [0.25, 0.3) is 22.0 Å². The van der Waals surface area contributed by atoms with Gasteiger partial charge in [0.25, 0.3) is 0 Å². The van der Waals surface area contributed by atoms with Crippen LogP contribution in [0.5, 0.6) is 0 Å². The van der Waals surface area contributed by atoms with Crippen molar-refractivity contribution < 1.29 is 9.32 Å². The van der Waals surface area contributed by atoms with E-state index < -0.39 is 0 Å². The maximum absolute atomic E-state index is 12.2. The number of carbonyl (C=O) groups excluding carboxylic acids is 1. The number of aryl methyl sites for hydroxylation is 1. The zero-order valence-corrected chi connectivity index (χ0v) is 15.1. The Labute approximate surface area is 159 Å². The molecule has 1 N–H and O–H groups in total. The van der Waals surface area contributed by atoms with E-state index in [0.717, 1.165) is 21.8 Å². The molecule has 0 aliphatic carbocycles. The first-order valence-corrected chi connectivity index (χ1v) is 9.34. The number of nitrogens with one attached hydrogen (secondary N) is 1. The molecule has 7 heteroatoms. The summed E-state index contributed by atoms with van der Waals surface area (Å²) >= 11 is 1.58. The fourth-order valence-electron chi connectivity index (χ4n) is 2.57. The molecule has 1 amide bonds. The molecular formula is C20H16N4O2S. The molecule has 0 aliphatic rings. The predicted molar refractivity (Wildman–Crippen MR) is 104 cm³/mol. The van der Waals surface area contributed by atoms with Gasteiger partial charge in [0.2, 0.25) is 17.6 Å². The Hall–Kier alpha value is -3.32. The normalized spacial score (nSPS) is 10.7. The van der Waals surface area contributed by atoms with Gasteiger partial charge >= 0.3 is 0 Å². The van der Waals surface area contributed by atoms with E-state index in [1.165, 1.54) is 0 Å². The van der Waals surface area contributed by atoms with E-state index in [2.05, 4.69) is 20.4 Å². The monoisotopic (exact) mass is 376 g/mol. The van der Waals surface area contributed by atoms with Crippen molar-refractivity contribution in [1.82, 2.24) is 15.1 Å². The van der Waals surface area contributed by atoms with Crippen LogP contribution in [-0.2, 0) is 11.2 Å². The van der Waals surface area contributed by atoms with Crippen molar-refractivity contribution in [3.8, 4) is 22.0 Å². The molecule has 0 radical (unpaired) electrons. The summed E-state index contributed by atoms with van der Waals surface area (Å²) in [5.41, 5.74) is 2.66. The van der Waals surface area contributed by atoms with Gasteiger partial charge < -0.3 is 9.84 Å². The number of carbonyl (C=O) groups is 1. The van der Waals surface area contributed by atoms with Gasteiger partial charge in [0.1, 0.15) is 5.01 Å². The van der Waals surface area contributed by atoms with Crippen molar-refractivity contribution in [2.45, 2.75) is 12.8 Å². The van der Waals surface area contributed by atoms with Crippen LogP contribution in [0.15, 0.2) is 70.7 Å². The number of rotatable bonds is 6. The summed E-state index contributed by atoms with van der Waals surface area (Å²) < 4.78 is 5.23. The molecule has 0 atom stereocenters. The molecule has 0 saturated carbocycles. The molecule has 0 unspecified atom stereocenters. The maximum atomic E-state index is 12.2. The minimum Gasteiger partial charge on any atom is -0.339 e. The number of hydrogen-bond acceptors (Lipinski definition) is 6. The third kappa shape index (κ3) is 4.27. The average Bonchev–Trinajstić information content (AvgIpc) is 3.40. The number of amides is 1. The molecule has 2 aromatic heterocycles. The summed E-state index contributed by atoms with van der Waals surface area (Å²) in [7, 11) is 0. The van der Waals surface area contributed by atoms with Crippen LogP contribution >= 0.6 is 11.3 Å². The molecule has 0 saturated heterocycles. The lowest BCUT2D eigenvalue weighted by molar-refractivity contribution is -0.116. The first-order chi connectivity index (χ1) is 13.3. The van der Waals surface area contributed by atoms with Crippen molar-refractivity contribution in [3.63, 3.8) is 0 Å². The lowest BCUT2D eigenvalue weighted by atomic mass is 10.2. The van der Waals surface area contributed by atoms with Gasteiger partial charge in [-0.25, -0.2) is 4.98 Å². The maximum Gasteiger partial charge on any atom is 0.227 e. The Morgan fingerprint density at radius 1 is 1.04 bits per heavy atom. The molecule has 27 heavy (non-hydrogen) atoms. The molecule has 0 aliphatic heterocycles. The van der Waals surface area contributed by atoms with E-state index in [4.69, 9.17) is 4.52 Å². The van der Waals surface area contributed by atoms with Crippen molar-refractivity contribution in [3.05, 3.63) is 72.1 Å². The molecule has 2 aromatic carbocycles. The Bertz CT molecular complexity index is 1010. The third-order valence-electron chi connectivity index (χ3n) is 3.91. The van der Waals surface area contributed by atoms with E-state index in [1.807, 2.05) is 60.0 Å². The summed E-state index contributed by atoms with van der Waals surface area (Å²) in [4.78, 5) is 20.8. The molecule has 4 aromatic rings. The number of aromatic nitrogens is 3. The van der Waals surface area contributed by atoms with E-state index in [0.29, 0.717) is 18.1 Å². The van der Waals surface area contributed by atoms with Crippen LogP contribution in [-0.4, -0.2) is 21.0 Å². The lowest BCUT2D eigenvalue weighted by Gasteiger charge is -2.05. The van der Waals surface area contributed by atoms with Crippen molar-refractivity contribution in [2.24, 2.45) is 0 Å². The van der Waals surface area contributed by atoms with Gasteiger partial charge in [-0.05, 0) is 24.3 Å². The molecule has 4 rings (SSSR count). The molecule has 2 heterocycles. The van der Waals surface area contributed by atoms with Crippen LogP contribution in [0, 0.1) is 0 Å². The number of thiazole rings is 1. The molecule has 0 fully saturated rings. The Morgan fingerprint density at radius 2 is 1.85 bits per heavy atom.